The van der Waals surface area contributed by atoms with E-state index in [1.165, 1.54) is 12.1 Å². The summed E-state index contributed by atoms with van der Waals surface area (Å²) in [6.45, 7) is 4.41. The molecule has 2 atom stereocenters. The van der Waals surface area contributed by atoms with Crippen molar-refractivity contribution in [1.29, 1.82) is 5.26 Å². The molecule has 2 N–H and O–H groups in total. The van der Waals surface area contributed by atoms with Gasteiger partial charge in [0.1, 0.15) is 6.04 Å². The average molecular weight is 467 g/mol. The summed E-state index contributed by atoms with van der Waals surface area (Å²) in [7, 11) is 0. The molecule has 0 aromatic heterocycles. The van der Waals surface area contributed by atoms with Crippen molar-refractivity contribution in [3.63, 3.8) is 0 Å². The first-order chi connectivity index (χ1) is 15.3. The SMILES string of the molecule is Cc1ccc(-c2ccc([C@H](N(CC#N)[C@@H](CC(C)C)C(N)=O)C(F)(F)C(F)(F)F)cc2)cc1. The molecule has 0 heterocycles. The number of nitrogens with zero attached hydrogens (tertiary/aromatic N) is 2. The van der Waals surface area contributed by atoms with Crippen LogP contribution in [0.1, 0.15) is 37.4 Å². The van der Waals surface area contributed by atoms with E-state index in [0.29, 0.717) is 10.5 Å². The van der Waals surface area contributed by atoms with Crippen molar-refractivity contribution in [2.24, 2.45) is 11.7 Å². The van der Waals surface area contributed by atoms with Gasteiger partial charge in [-0.3, -0.25) is 9.69 Å². The molecule has 9 heteroatoms. The number of alkyl halides is 5. The Hall–Kier alpha value is -2.99. The van der Waals surface area contributed by atoms with Gasteiger partial charge in [0, 0.05) is 0 Å². The van der Waals surface area contributed by atoms with Crippen molar-refractivity contribution in [3.05, 3.63) is 59.7 Å². The van der Waals surface area contributed by atoms with E-state index in [-0.39, 0.29) is 17.9 Å². The van der Waals surface area contributed by atoms with Gasteiger partial charge < -0.3 is 5.73 Å². The van der Waals surface area contributed by atoms with E-state index in [1.54, 1.807) is 32.0 Å². The van der Waals surface area contributed by atoms with Crippen LogP contribution >= 0.6 is 0 Å². The van der Waals surface area contributed by atoms with E-state index in [9.17, 15) is 32.0 Å². The molecule has 33 heavy (non-hydrogen) atoms. The van der Waals surface area contributed by atoms with E-state index >= 15 is 0 Å². The summed E-state index contributed by atoms with van der Waals surface area (Å²) in [6, 6.07) is 10.0. The Morgan fingerprint density at radius 1 is 1.00 bits per heavy atom. The summed E-state index contributed by atoms with van der Waals surface area (Å²) in [5.41, 5.74) is 7.39. The maximum absolute atomic E-state index is 14.9. The molecule has 0 aliphatic rings. The predicted molar refractivity (Wildman–Crippen MR) is 115 cm³/mol. The van der Waals surface area contributed by atoms with E-state index in [0.717, 1.165) is 23.3 Å². The zero-order valence-corrected chi connectivity index (χ0v) is 18.5. The lowest BCUT2D eigenvalue weighted by molar-refractivity contribution is -0.306. The normalized spacial score (nSPS) is 14.2. The van der Waals surface area contributed by atoms with Gasteiger partial charge in [0.15, 0.2) is 0 Å². The number of aryl methyl sites for hydroxylation is 1. The largest absolute Gasteiger partial charge is 0.455 e. The first-order valence-electron chi connectivity index (χ1n) is 10.3. The van der Waals surface area contributed by atoms with Gasteiger partial charge in [-0.2, -0.15) is 27.2 Å². The molecule has 0 aliphatic carbocycles. The zero-order valence-electron chi connectivity index (χ0n) is 18.5. The Labute approximate surface area is 189 Å². The summed E-state index contributed by atoms with van der Waals surface area (Å²) in [5.74, 6) is -6.56. The maximum Gasteiger partial charge on any atom is 0.455 e. The Bertz CT molecular complexity index is 979. The summed E-state index contributed by atoms with van der Waals surface area (Å²) in [6.07, 6.45) is -6.00. The second kappa shape index (κ2) is 10.3. The van der Waals surface area contributed by atoms with Crippen LogP contribution in [0.5, 0.6) is 0 Å². The number of nitrogens with two attached hydrogens (primary N) is 1. The highest BCUT2D eigenvalue weighted by atomic mass is 19.4. The van der Waals surface area contributed by atoms with Gasteiger partial charge in [-0.05, 0) is 36.0 Å². The van der Waals surface area contributed by atoms with Crippen molar-refractivity contribution in [1.82, 2.24) is 4.90 Å². The Morgan fingerprint density at radius 3 is 1.88 bits per heavy atom. The van der Waals surface area contributed by atoms with Crippen molar-refractivity contribution in [2.45, 2.75) is 51.4 Å². The molecule has 178 valence electrons. The van der Waals surface area contributed by atoms with Gasteiger partial charge in [-0.15, -0.1) is 0 Å². The number of carbonyl (C=O) groups excluding carboxylic acids is 1. The van der Waals surface area contributed by atoms with Crippen LogP contribution in [0.25, 0.3) is 11.1 Å². The number of nitriles is 1. The fourth-order valence-electron chi connectivity index (χ4n) is 3.69. The minimum Gasteiger partial charge on any atom is -0.368 e. The van der Waals surface area contributed by atoms with Gasteiger partial charge >= 0.3 is 12.1 Å². The molecule has 2 aromatic carbocycles. The number of primary amides is 1. The van der Waals surface area contributed by atoms with E-state index in [2.05, 4.69) is 0 Å². The molecule has 2 rings (SSSR count). The number of hydrogen-bond donors (Lipinski definition) is 1. The first kappa shape index (κ1) is 26.3. The number of hydrogen-bond acceptors (Lipinski definition) is 3. The van der Waals surface area contributed by atoms with E-state index < -0.39 is 36.6 Å². The van der Waals surface area contributed by atoms with Crippen LogP contribution in [0.2, 0.25) is 0 Å². The topological polar surface area (TPSA) is 70.1 Å². The number of benzene rings is 2. The number of carbonyl (C=O) groups is 1. The minimum atomic E-state index is -5.92. The van der Waals surface area contributed by atoms with Crippen LogP contribution in [0, 0.1) is 24.2 Å². The quantitative estimate of drug-likeness (QED) is 0.384. The van der Waals surface area contributed by atoms with Crippen molar-refractivity contribution in [3.8, 4) is 17.2 Å². The fraction of sp³-hybridized carbons (Fsp3) is 0.417. The molecule has 0 fully saturated rings. The summed E-state index contributed by atoms with van der Waals surface area (Å²) >= 11 is 0. The second-order valence-electron chi connectivity index (χ2n) is 8.39. The zero-order chi connectivity index (χ0) is 25.0. The monoisotopic (exact) mass is 467 g/mol. The number of halogens is 5. The van der Waals surface area contributed by atoms with Gasteiger partial charge in [-0.1, -0.05) is 67.9 Å². The molecule has 2 aromatic rings. The van der Waals surface area contributed by atoms with Crippen molar-refractivity contribution >= 4 is 5.91 Å². The highest BCUT2D eigenvalue weighted by Crippen LogP contribution is 2.48. The van der Waals surface area contributed by atoms with E-state index in [1.807, 2.05) is 19.1 Å². The Morgan fingerprint density at radius 2 is 1.48 bits per heavy atom. The maximum atomic E-state index is 14.9. The molecule has 4 nitrogen and oxygen atoms in total. The summed E-state index contributed by atoms with van der Waals surface area (Å²) in [5, 5.41) is 9.21. The van der Waals surface area contributed by atoms with Crippen LogP contribution in [-0.4, -0.2) is 35.5 Å². The third-order valence-corrected chi connectivity index (χ3v) is 5.34. The van der Waals surface area contributed by atoms with Crippen LogP contribution in [-0.2, 0) is 4.79 Å². The van der Waals surface area contributed by atoms with Gasteiger partial charge in [0.2, 0.25) is 5.91 Å². The lowest BCUT2D eigenvalue weighted by Gasteiger charge is -2.40. The lowest BCUT2D eigenvalue weighted by Crippen LogP contribution is -2.56. The molecule has 0 unspecified atom stereocenters. The van der Waals surface area contributed by atoms with Crippen molar-refractivity contribution in [2.75, 3.05) is 6.54 Å². The van der Waals surface area contributed by atoms with Crippen LogP contribution in [0.4, 0.5) is 22.0 Å². The second-order valence-corrected chi connectivity index (χ2v) is 8.39. The standard InChI is InChI=1S/C24H26F5N3O/c1-15(2)14-20(22(31)33)32(13-12-30)21(23(25,26)24(27,28)29)19-10-8-18(9-11-19)17-6-4-16(3)5-7-17/h4-11,15,20-21H,13-14H2,1-3H3,(H2,31,33)/t20-,21-/m0/s1. The van der Waals surface area contributed by atoms with Gasteiger partial charge in [0.25, 0.3) is 0 Å². The number of amides is 1. The third kappa shape index (κ3) is 6.08. The summed E-state index contributed by atoms with van der Waals surface area (Å²) < 4.78 is 70.2. The highest BCUT2D eigenvalue weighted by Gasteiger charge is 2.65. The highest BCUT2D eigenvalue weighted by molar-refractivity contribution is 5.80. The molecule has 0 radical (unpaired) electrons. The lowest BCUT2D eigenvalue weighted by atomic mass is 9.92. The van der Waals surface area contributed by atoms with Crippen LogP contribution < -0.4 is 5.73 Å². The first-order valence-corrected chi connectivity index (χ1v) is 10.3. The summed E-state index contributed by atoms with van der Waals surface area (Å²) in [4.78, 5) is 12.6. The predicted octanol–water partition coefficient (Wildman–Crippen LogP) is 5.63. The third-order valence-electron chi connectivity index (χ3n) is 5.34. The van der Waals surface area contributed by atoms with Crippen molar-refractivity contribution < 1.29 is 26.7 Å². The van der Waals surface area contributed by atoms with Crippen LogP contribution in [0.3, 0.4) is 0 Å². The molecule has 0 aliphatic heterocycles. The molecule has 0 spiro atoms. The molecular formula is C24H26F5N3O. The fourth-order valence-corrected chi connectivity index (χ4v) is 3.69. The molecule has 1 amide bonds. The molecule has 0 bridgehead atoms. The molecule has 0 saturated heterocycles. The van der Waals surface area contributed by atoms with Crippen LogP contribution in [0.15, 0.2) is 48.5 Å². The Balaban J connectivity index is 2.63. The molecular weight excluding hydrogens is 441 g/mol. The smallest absolute Gasteiger partial charge is 0.368 e. The van der Waals surface area contributed by atoms with Gasteiger partial charge in [-0.25, -0.2) is 0 Å². The molecule has 0 saturated carbocycles. The van der Waals surface area contributed by atoms with Gasteiger partial charge in [0.05, 0.1) is 18.7 Å². The average Bonchev–Trinajstić information content (AvgIpc) is 2.71. The number of rotatable bonds is 9. The van der Waals surface area contributed by atoms with E-state index in [4.69, 9.17) is 5.73 Å². The Kier molecular flexibility index (Phi) is 8.20. The minimum absolute atomic E-state index is 0.0805.